The molecule has 0 aliphatic carbocycles. The Kier molecular flexibility index (Phi) is 10.1. The maximum Gasteiger partial charge on any atom is 0.230 e. The molecule has 0 aliphatic heterocycles. The van der Waals surface area contributed by atoms with Gasteiger partial charge >= 0.3 is 0 Å². The number of hydrogen-bond acceptors (Lipinski definition) is 0. The second-order valence-electron chi connectivity index (χ2n) is 19.0. The van der Waals surface area contributed by atoms with Gasteiger partial charge < -0.3 is 9.13 Å². The van der Waals surface area contributed by atoms with E-state index in [9.17, 15) is 0 Å². The Morgan fingerprint density at radius 3 is 1.19 bits per heavy atom. The molecule has 2 aromatic heterocycles. The summed E-state index contributed by atoms with van der Waals surface area (Å²) in [4.78, 5) is 0. The molecular formula is C70H46N2Si. The van der Waals surface area contributed by atoms with Gasteiger partial charge in [-0.15, -0.1) is 5.54 Å². The summed E-state index contributed by atoms with van der Waals surface area (Å²) in [5, 5.41) is 13.2. The topological polar surface area (TPSA) is 9.86 Å². The zero-order valence-corrected chi connectivity index (χ0v) is 41.0. The van der Waals surface area contributed by atoms with Gasteiger partial charge in [0.2, 0.25) is 8.07 Å². The molecule has 0 N–H and O–H groups in total. The van der Waals surface area contributed by atoms with Crippen LogP contribution in [-0.4, -0.2) is 17.2 Å². The van der Waals surface area contributed by atoms with Gasteiger partial charge in [-0.05, 0) is 86.3 Å². The Hall–Kier alpha value is -9.46. The third-order valence-corrected chi connectivity index (χ3v) is 19.1. The zero-order chi connectivity index (χ0) is 48.3. The first-order valence-corrected chi connectivity index (χ1v) is 27.1. The number of fused-ring (bicyclic) bond motifs is 8. The molecule has 12 aromatic carbocycles. The molecule has 0 atom stereocenters. The summed E-state index contributed by atoms with van der Waals surface area (Å²) in [7, 11) is -3.14. The van der Waals surface area contributed by atoms with Crippen LogP contribution in [0.25, 0.3) is 98.8 Å². The fourth-order valence-electron chi connectivity index (χ4n) is 11.7. The molecule has 0 unspecified atom stereocenters. The monoisotopic (exact) mass is 942 g/mol. The van der Waals surface area contributed by atoms with Crippen LogP contribution in [0.15, 0.2) is 279 Å². The van der Waals surface area contributed by atoms with Gasteiger partial charge in [-0.25, -0.2) is 0 Å². The minimum atomic E-state index is -3.14. The van der Waals surface area contributed by atoms with E-state index in [1.165, 1.54) is 70.4 Å². The van der Waals surface area contributed by atoms with Crippen molar-refractivity contribution in [3.05, 3.63) is 285 Å². The van der Waals surface area contributed by atoms with Crippen LogP contribution in [-0.2, 0) is 0 Å². The fourth-order valence-corrected chi connectivity index (χ4v) is 15.5. The molecule has 14 aromatic rings. The predicted molar refractivity (Wildman–Crippen MR) is 312 cm³/mol. The molecule has 340 valence electrons. The fraction of sp³-hybridized carbons (Fsp3) is 0. The van der Waals surface area contributed by atoms with Crippen LogP contribution >= 0.6 is 0 Å². The maximum atomic E-state index is 4.27. The lowest BCUT2D eigenvalue weighted by Gasteiger charge is -2.28. The molecule has 0 saturated heterocycles. The van der Waals surface area contributed by atoms with E-state index in [2.05, 4.69) is 300 Å². The third-order valence-electron chi connectivity index (χ3n) is 15.0. The van der Waals surface area contributed by atoms with E-state index in [4.69, 9.17) is 0 Å². The minimum absolute atomic E-state index is 1.04. The average Bonchev–Trinajstić information content (AvgIpc) is 3.98. The van der Waals surface area contributed by atoms with E-state index < -0.39 is 8.07 Å². The van der Waals surface area contributed by atoms with E-state index in [0.717, 1.165) is 49.5 Å². The quantitative estimate of drug-likeness (QED) is 0.0652. The third kappa shape index (κ3) is 6.88. The summed E-state index contributed by atoms with van der Waals surface area (Å²) < 4.78 is 4.92. The van der Waals surface area contributed by atoms with Gasteiger partial charge in [0.05, 0.1) is 27.8 Å². The number of benzene rings is 12. The summed E-state index contributed by atoms with van der Waals surface area (Å²) in [5.41, 5.74) is 17.1. The first-order valence-electron chi connectivity index (χ1n) is 25.1. The molecule has 0 saturated carbocycles. The lowest BCUT2D eigenvalue weighted by molar-refractivity contribution is 1.18. The van der Waals surface area contributed by atoms with Crippen molar-refractivity contribution >= 4 is 88.8 Å². The van der Waals surface area contributed by atoms with Crippen molar-refractivity contribution in [1.29, 1.82) is 0 Å². The zero-order valence-electron chi connectivity index (χ0n) is 40.0. The van der Waals surface area contributed by atoms with Crippen molar-refractivity contribution in [3.63, 3.8) is 0 Å². The number of hydrogen-bond donors (Lipinski definition) is 0. The molecule has 3 heteroatoms. The van der Waals surface area contributed by atoms with Crippen LogP contribution in [0.4, 0.5) is 0 Å². The Balaban J connectivity index is 1.04. The molecule has 0 spiro atoms. The van der Waals surface area contributed by atoms with Gasteiger partial charge in [-0.2, -0.15) is 0 Å². The van der Waals surface area contributed by atoms with E-state index in [1.807, 2.05) is 0 Å². The van der Waals surface area contributed by atoms with Crippen molar-refractivity contribution in [2.24, 2.45) is 0 Å². The Bertz CT molecular complexity index is 4280. The van der Waals surface area contributed by atoms with Gasteiger partial charge in [0.1, 0.15) is 0 Å². The molecule has 0 aliphatic rings. The Morgan fingerprint density at radius 1 is 0.260 bits per heavy atom. The SMILES string of the molecule is C(#C[Si](c1ccccc1)(c1ccccc1)c1ccc2c(c1)c1ccccc1n2-c1ccccc1)c1c2ccccc2c(-n2c3ccc(-c4ccccc4)cc3c3cc(-c4ccccc4)ccc32)c2ccccc12. The van der Waals surface area contributed by atoms with E-state index >= 15 is 0 Å². The summed E-state index contributed by atoms with van der Waals surface area (Å²) in [6.45, 7) is 0. The molecule has 2 nitrogen and oxygen atoms in total. The molecular weight excluding hydrogens is 897 g/mol. The lowest BCUT2D eigenvalue weighted by Crippen LogP contribution is -2.66. The molecule has 0 amide bonds. The summed E-state index contributed by atoms with van der Waals surface area (Å²) in [6, 6.07) is 102. The highest BCUT2D eigenvalue weighted by Gasteiger charge is 2.39. The standard InChI is InChI=1S/C70H46N2Si/c1-6-22-49(23-7-1)51-38-41-68-63(46-51)64-47-52(50-24-8-2-9-25-50)39-42-69(64)72(68)70-61-35-18-16-32-57(61)59(58-33-17-19-36-62(58)70)44-45-73(54-28-12-4-13-29-54,55-30-14-5-15-31-55)56-40-43-67-65(48-56)60-34-20-21-37-66(60)71(67)53-26-10-3-11-27-53/h1-43,46-48H. The molecule has 2 heterocycles. The molecule has 0 radical (unpaired) electrons. The van der Waals surface area contributed by atoms with Gasteiger partial charge in [-0.1, -0.05) is 236 Å². The van der Waals surface area contributed by atoms with Crippen LogP contribution in [0.3, 0.4) is 0 Å². The van der Waals surface area contributed by atoms with Crippen LogP contribution in [0.2, 0.25) is 0 Å². The van der Waals surface area contributed by atoms with Crippen molar-refractivity contribution in [2.45, 2.75) is 0 Å². The first-order chi connectivity index (χ1) is 36.2. The highest BCUT2D eigenvalue weighted by Crippen LogP contribution is 2.43. The molecule has 0 fully saturated rings. The predicted octanol–water partition coefficient (Wildman–Crippen LogP) is 15.6. The van der Waals surface area contributed by atoms with Gasteiger partial charge in [0.25, 0.3) is 0 Å². The molecule has 0 bridgehead atoms. The summed E-state index contributed by atoms with van der Waals surface area (Å²) >= 11 is 0. The van der Waals surface area contributed by atoms with E-state index in [1.54, 1.807) is 0 Å². The Morgan fingerprint density at radius 2 is 0.658 bits per heavy atom. The van der Waals surface area contributed by atoms with Gasteiger partial charge in [0.15, 0.2) is 0 Å². The Labute approximate surface area is 425 Å². The van der Waals surface area contributed by atoms with Crippen LogP contribution in [0, 0.1) is 11.5 Å². The number of aromatic nitrogens is 2. The molecule has 14 rings (SSSR count). The van der Waals surface area contributed by atoms with E-state index in [-0.39, 0.29) is 0 Å². The molecule has 73 heavy (non-hydrogen) atoms. The van der Waals surface area contributed by atoms with E-state index in [0.29, 0.717) is 0 Å². The second-order valence-corrected chi connectivity index (χ2v) is 22.5. The average molecular weight is 943 g/mol. The number of nitrogens with zero attached hydrogens (tertiary/aromatic N) is 2. The summed E-state index contributed by atoms with van der Waals surface area (Å²) in [6.07, 6.45) is 0. The summed E-state index contributed by atoms with van der Waals surface area (Å²) in [5.74, 6) is 4.08. The van der Waals surface area contributed by atoms with Crippen molar-refractivity contribution in [2.75, 3.05) is 0 Å². The lowest BCUT2D eigenvalue weighted by atomic mass is 9.94. The smallest absolute Gasteiger partial charge is 0.230 e. The normalized spacial score (nSPS) is 11.7. The van der Waals surface area contributed by atoms with Gasteiger partial charge in [0, 0.05) is 54.3 Å². The highest BCUT2D eigenvalue weighted by molar-refractivity contribution is 7.17. The number of para-hydroxylation sites is 2. The first kappa shape index (κ1) is 42.4. The second kappa shape index (κ2) is 17.4. The highest BCUT2D eigenvalue weighted by atomic mass is 28.3. The minimum Gasteiger partial charge on any atom is -0.309 e. The van der Waals surface area contributed by atoms with Crippen LogP contribution in [0.1, 0.15) is 5.56 Å². The van der Waals surface area contributed by atoms with Crippen LogP contribution < -0.4 is 15.6 Å². The largest absolute Gasteiger partial charge is 0.309 e. The van der Waals surface area contributed by atoms with Crippen molar-refractivity contribution < 1.29 is 0 Å². The maximum absolute atomic E-state index is 4.27. The van der Waals surface area contributed by atoms with Gasteiger partial charge in [-0.3, -0.25) is 0 Å². The number of rotatable bonds is 7. The van der Waals surface area contributed by atoms with Crippen molar-refractivity contribution in [1.82, 2.24) is 9.13 Å². The van der Waals surface area contributed by atoms with Crippen molar-refractivity contribution in [3.8, 4) is 45.1 Å². The van der Waals surface area contributed by atoms with Crippen LogP contribution in [0.5, 0.6) is 0 Å².